The van der Waals surface area contributed by atoms with Gasteiger partial charge >= 0.3 is 5.97 Å². The molecule has 192 valence electrons. The Morgan fingerprint density at radius 1 is 1.08 bits per heavy atom. The molecule has 0 saturated carbocycles. The van der Waals surface area contributed by atoms with E-state index in [-0.39, 0.29) is 12.4 Å². The summed E-state index contributed by atoms with van der Waals surface area (Å²) in [5.41, 5.74) is 1.17. The quantitative estimate of drug-likeness (QED) is 0.226. The maximum atomic E-state index is 14.5. The van der Waals surface area contributed by atoms with Crippen LogP contribution in [0.5, 0.6) is 5.75 Å². The van der Waals surface area contributed by atoms with Crippen LogP contribution in [-0.2, 0) is 9.53 Å². The molecular formula is C30H24Br2N2O4. The third-order valence-electron chi connectivity index (χ3n) is 7.28. The molecule has 5 rings (SSSR count). The third kappa shape index (κ3) is 4.05. The van der Waals surface area contributed by atoms with Crippen molar-refractivity contribution in [3.05, 3.63) is 98.4 Å². The van der Waals surface area contributed by atoms with Gasteiger partial charge in [-0.25, -0.2) is 0 Å². The number of hydrogen-bond donors (Lipinski definition) is 0. The lowest BCUT2D eigenvalue weighted by atomic mass is 9.68. The number of Topliss-reactive ketones (excluding diaryl/α,β-unsaturated/α-hetero) is 1. The lowest BCUT2D eigenvalue weighted by molar-refractivity contribution is -0.152. The van der Waals surface area contributed by atoms with Crippen molar-refractivity contribution in [2.45, 2.75) is 24.9 Å². The Labute approximate surface area is 238 Å². The zero-order chi connectivity index (χ0) is 27.0. The van der Waals surface area contributed by atoms with Crippen LogP contribution in [0, 0.1) is 16.7 Å². The maximum Gasteiger partial charge on any atom is 0.329 e. The highest BCUT2D eigenvalue weighted by molar-refractivity contribution is 9.10. The zero-order valence-corrected chi connectivity index (χ0v) is 23.9. The van der Waals surface area contributed by atoms with Gasteiger partial charge in [0.05, 0.1) is 30.3 Å². The van der Waals surface area contributed by atoms with E-state index in [4.69, 9.17) is 9.47 Å². The highest BCUT2D eigenvalue weighted by Crippen LogP contribution is 2.56. The first kappa shape index (κ1) is 26.2. The summed E-state index contributed by atoms with van der Waals surface area (Å²) in [6.45, 7) is 1.83. The van der Waals surface area contributed by atoms with Crippen molar-refractivity contribution < 1.29 is 19.1 Å². The molecule has 0 amide bonds. The van der Waals surface area contributed by atoms with E-state index in [0.717, 1.165) is 15.7 Å². The van der Waals surface area contributed by atoms with Crippen LogP contribution >= 0.6 is 31.9 Å². The average Bonchev–Trinajstić information content (AvgIpc) is 3.25. The first-order valence-corrected chi connectivity index (χ1v) is 13.7. The number of ether oxygens (including phenoxy) is 2. The number of nitrogens with zero attached hydrogens (tertiary/aromatic N) is 2. The van der Waals surface area contributed by atoms with Crippen LogP contribution in [0.4, 0.5) is 5.69 Å². The molecule has 6 nitrogen and oxygen atoms in total. The van der Waals surface area contributed by atoms with Crippen molar-refractivity contribution in [1.29, 1.82) is 5.26 Å². The van der Waals surface area contributed by atoms with Gasteiger partial charge in [0, 0.05) is 21.6 Å². The molecule has 0 unspecified atom stereocenters. The number of fused-ring (bicyclic) bond motifs is 3. The van der Waals surface area contributed by atoms with Gasteiger partial charge in [-0.05, 0) is 70.4 Å². The Morgan fingerprint density at radius 2 is 1.82 bits per heavy atom. The predicted octanol–water partition coefficient (Wildman–Crippen LogP) is 6.54. The highest BCUT2D eigenvalue weighted by atomic mass is 79.9. The average molecular weight is 636 g/mol. The molecule has 0 bridgehead atoms. The number of anilines is 1. The summed E-state index contributed by atoms with van der Waals surface area (Å²) in [7, 11) is 1.56. The van der Waals surface area contributed by atoms with Crippen molar-refractivity contribution in [3.63, 3.8) is 0 Å². The fourth-order valence-electron chi connectivity index (χ4n) is 5.65. The van der Waals surface area contributed by atoms with Gasteiger partial charge in [-0.15, -0.1) is 0 Å². The molecule has 0 radical (unpaired) electrons. The van der Waals surface area contributed by atoms with Gasteiger partial charge in [0.2, 0.25) is 0 Å². The van der Waals surface area contributed by atoms with Crippen LogP contribution in [0.1, 0.15) is 34.3 Å². The van der Waals surface area contributed by atoms with Gasteiger partial charge in [-0.1, -0.05) is 58.4 Å². The molecule has 3 aromatic carbocycles. The number of esters is 1. The van der Waals surface area contributed by atoms with E-state index in [9.17, 15) is 14.9 Å². The van der Waals surface area contributed by atoms with Crippen LogP contribution in [0.25, 0.3) is 6.08 Å². The number of nitriles is 1. The molecule has 1 saturated heterocycles. The molecule has 0 N–H and O–H groups in total. The van der Waals surface area contributed by atoms with Crippen molar-refractivity contribution in [3.8, 4) is 11.8 Å². The summed E-state index contributed by atoms with van der Waals surface area (Å²) in [5.74, 6) is -1.06. The molecule has 8 heteroatoms. The van der Waals surface area contributed by atoms with E-state index in [2.05, 4.69) is 37.9 Å². The summed E-state index contributed by atoms with van der Waals surface area (Å²) in [6, 6.07) is 21.1. The number of benzene rings is 3. The molecule has 2 heterocycles. The summed E-state index contributed by atoms with van der Waals surface area (Å²) < 4.78 is 12.4. The van der Waals surface area contributed by atoms with Gasteiger partial charge in [-0.3, -0.25) is 9.59 Å². The summed E-state index contributed by atoms with van der Waals surface area (Å²) in [4.78, 5) is 30.2. The molecule has 2 aliphatic rings. The van der Waals surface area contributed by atoms with E-state index < -0.39 is 29.4 Å². The van der Waals surface area contributed by atoms with E-state index in [0.29, 0.717) is 21.3 Å². The monoisotopic (exact) mass is 634 g/mol. The molecule has 4 atom stereocenters. The second-order valence-electron chi connectivity index (χ2n) is 9.16. The molecule has 38 heavy (non-hydrogen) atoms. The number of methoxy groups -OCH3 is 1. The molecule has 0 spiro atoms. The normalized spacial score (nSPS) is 23.2. The highest BCUT2D eigenvalue weighted by Gasteiger charge is 2.67. The minimum Gasteiger partial charge on any atom is -0.496 e. The minimum absolute atomic E-state index is 0.117. The summed E-state index contributed by atoms with van der Waals surface area (Å²) >= 11 is 6.97. The molecule has 2 aliphatic heterocycles. The Kier molecular flexibility index (Phi) is 7.17. The lowest BCUT2D eigenvalue weighted by Crippen LogP contribution is -2.47. The van der Waals surface area contributed by atoms with E-state index in [1.165, 1.54) is 0 Å². The van der Waals surface area contributed by atoms with Crippen LogP contribution in [0.3, 0.4) is 0 Å². The van der Waals surface area contributed by atoms with E-state index in [1.54, 1.807) is 32.2 Å². The first-order valence-electron chi connectivity index (χ1n) is 12.1. The first-order chi connectivity index (χ1) is 18.4. The van der Waals surface area contributed by atoms with Crippen LogP contribution < -0.4 is 9.64 Å². The van der Waals surface area contributed by atoms with Crippen LogP contribution in [0.2, 0.25) is 0 Å². The topological polar surface area (TPSA) is 79.6 Å². The SMILES string of the molecule is CCOC(=O)[C@@]1(C#N)[C@@H](c2ccc(Br)cc2)[C@@H](C(=O)c2ccc(OC)c(Br)c2)N2c3ccccc3C=C[C@@H]21. The maximum absolute atomic E-state index is 14.5. The number of ketones is 1. The summed E-state index contributed by atoms with van der Waals surface area (Å²) in [6.07, 6.45) is 3.77. The second-order valence-corrected chi connectivity index (χ2v) is 10.9. The van der Waals surface area contributed by atoms with Gasteiger partial charge in [-0.2, -0.15) is 5.26 Å². The molecule has 3 aromatic rings. The minimum atomic E-state index is -1.67. The molecule has 0 aromatic heterocycles. The van der Waals surface area contributed by atoms with Crippen molar-refractivity contribution in [2.24, 2.45) is 5.41 Å². The lowest BCUT2D eigenvalue weighted by Gasteiger charge is -2.36. The third-order valence-corrected chi connectivity index (χ3v) is 8.43. The Bertz CT molecular complexity index is 1480. The van der Waals surface area contributed by atoms with Crippen molar-refractivity contribution in [1.82, 2.24) is 0 Å². The van der Waals surface area contributed by atoms with Crippen molar-refractivity contribution in [2.75, 3.05) is 18.6 Å². The van der Waals surface area contributed by atoms with Gasteiger partial charge in [0.15, 0.2) is 11.2 Å². The number of carbonyl (C=O) groups is 2. The number of rotatable bonds is 6. The second kappa shape index (κ2) is 10.4. The number of carbonyl (C=O) groups excluding carboxylic acids is 2. The predicted molar refractivity (Wildman–Crippen MR) is 152 cm³/mol. The Hall–Kier alpha value is -3.41. The van der Waals surface area contributed by atoms with Crippen LogP contribution in [-0.4, -0.2) is 37.6 Å². The smallest absolute Gasteiger partial charge is 0.329 e. The van der Waals surface area contributed by atoms with Gasteiger partial charge in [0.25, 0.3) is 0 Å². The van der Waals surface area contributed by atoms with E-state index in [1.807, 2.05) is 65.6 Å². The fraction of sp³-hybridized carbons (Fsp3) is 0.233. The standard InChI is InChI=1S/C30H24Br2N2O4/c1-3-38-29(36)30(17-33)25-15-11-18-6-4-5-7-23(18)34(25)27(26(30)19-8-12-21(31)13-9-19)28(35)20-10-14-24(37-2)22(32)16-20/h4-16,25-27H,3H2,1-2H3/t25-,26+,27+,30-/m1/s1. The van der Waals surface area contributed by atoms with Crippen molar-refractivity contribution >= 4 is 55.4 Å². The van der Waals surface area contributed by atoms with Crippen LogP contribution in [0.15, 0.2) is 81.8 Å². The number of para-hydroxylation sites is 1. The number of hydrogen-bond acceptors (Lipinski definition) is 6. The van der Waals surface area contributed by atoms with Gasteiger partial charge in [0.1, 0.15) is 11.8 Å². The van der Waals surface area contributed by atoms with E-state index >= 15 is 0 Å². The fourth-order valence-corrected chi connectivity index (χ4v) is 6.46. The Morgan fingerprint density at radius 3 is 2.47 bits per heavy atom. The van der Waals surface area contributed by atoms with Gasteiger partial charge < -0.3 is 14.4 Å². The molecule has 0 aliphatic carbocycles. The largest absolute Gasteiger partial charge is 0.496 e. The number of halogens is 2. The molecular weight excluding hydrogens is 612 g/mol. The summed E-state index contributed by atoms with van der Waals surface area (Å²) in [5, 5.41) is 10.8. The zero-order valence-electron chi connectivity index (χ0n) is 20.7. The molecule has 1 fully saturated rings. The Balaban J connectivity index is 1.79.